The van der Waals surface area contributed by atoms with Crippen LogP contribution in [0.4, 0.5) is 16.3 Å². The molecule has 2 aliphatic heterocycles. The molecule has 2 aromatic carbocycles. The molecule has 0 unspecified atom stereocenters. The summed E-state index contributed by atoms with van der Waals surface area (Å²) in [6.07, 6.45) is 5.62. The van der Waals surface area contributed by atoms with Crippen LogP contribution in [0.3, 0.4) is 0 Å². The van der Waals surface area contributed by atoms with Gasteiger partial charge in [0.15, 0.2) is 0 Å². The van der Waals surface area contributed by atoms with Gasteiger partial charge >= 0.3 is 6.03 Å². The number of rotatable bonds is 12. The Hall–Kier alpha value is -4.77. The molecule has 5 amide bonds. The molecular formula is C38H49N7O4. The highest BCUT2D eigenvalue weighted by Crippen LogP contribution is 2.34. The summed E-state index contributed by atoms with van der Waals surface area (Å²) in [6.45, 7) is 7.37. The molecule has 0 radical (unpaired) electrons. The highest BCUT2D eigenvalue weighted by molar-refractivity contribution is 5.96. The van der Waals surface area contributed by atoms with Crippen LogP contribution in [0.1, 0.15) is 61.8 Å². The molecule has 2 aliphatic rings. The fourth-order valence-electron chi connectivity index (χ4n) is 6.76. The second kappa shape index (κ2) is 16.6. The molecule has 0 saturated carbocycles. The second-order valence-electron chi connectivity index (χ2n) is 13.3. The van der Waals surface area contributed by atoms with E-state index in [0.29, 0.717) is 44.0 Å². The molecule has 0 bridgehead atoms. The Morgan fingerprint density at radius 3 is 2.18 bits per heavy atom. The largest absolute Gasteiger partial charge is 0.329 e. The molecule has 11 heteroatoms. The summed E-state index contributed by atoms with van der Waals surface area (Å²) in [6, 6.07) is 18.9. The van der Waals surface area contributed by atoms with Crippen molar-refractivity contribution in [2.75, 3.05) is 50.4 Å². The van der Waals surface area contributed by atoms with Gasteiger partial charge in [-0.3, -0.25) is 14.4 Å². The minimum absolute atomic E-state index is 0.0619. The third-order valence-corrected chi connectivity index (χ3v) is 9.65. The van der Waals surface area contributed by atoms with Gasteiger partial charge in [-0.05, 0) is 85.7 Å². The molecule has 11 nitrogen and oxygen atoms in total. The molecule has 3 heterocycles. The number of carbonyl (C=O) groups excluding carboxylic acids is 4. The zero-order valence-electron chi connectivity index (χ0n) is 29.0. The Kier molecular flexibility index (Phi) is 12.0. The van der Waals surface area contributed by atoms with E-state index in [9.17, 15) is 19.2 Å². The number of aromatic nitrogens is 1. The first-order chi connectivity index (χ1) is 23.7. The standard InChI is InChI=1S/C38H49N7O4/c1-4-28-14-15-32(23-31(28)24-34(46)42-33-13-7-8-18-40-33)41-35(47)27-45(26-30-12-6-5-11-29(30)25-39-3)36(48)38(2)16-21-44(22-17-38)37(49)43-19-9-10-20-43/h5-8,11-15,18,23,39H,4,9-10,16-17,19-22,24-27H2,1-3H3,(H,41,47)(H,40,42,46). The number of hydrogen-bond acceptors (Lipinski definition) is 6. The Morgan fingerprint density at radius 1 is 0.816 bits per heavy atom. The van der Waals surface area contributed by atoms with Crippen LogP contribution in [0.5, 0.6) is 0 Å². The van der Waals surface area contributed by atoms with Gasteiger partial charge in [0.1, 0.15) is 12.4 Å². The van der Waals surface area contributed by atoms with Crippen molar-refractivity contribution in [1.29, 1.82) is 0 Å². The lowest BCUT2D eigenvalue weighted by atomic mass is 9.79. The minimum Gasteiger partial charge on any atom is -0.329 e. The molecule has 2 fully saturated rings. The van der Waals surface area contributed by atoms with Crippen LogP contribution in [-0.2, 0) is 40.3 Å². The first kappa shape index (κ1) is 35.5. The summed E-state index contributed by atoms with van der Waals surface area (Å²) >= 11 is 0. The van der Waals surface area contributed by atoms with E-state index in [1.54, 1.807) is 23.2 Å². The van der Waals surface area contributed by atoms with E-state index in [2.05, 4.69) is 20.9 Å². The number of anilines is 2. The van der Waals surface area contributed by atoms with Gasteiger partial charge in [0.25, 0.3) is 0 Å². The molecule has 0 atom stereocenters. The van der Waals surface area contributed by atoms with Crippen molar-refractivity contribution < 1.29 is 19.2 Å². The maximum absolute atomic E-state index is 14.4. The lowest BCUT2D eigenvalue weighted by molar-refractivity contribution is -0.146. The normalized spacial score (nSPS) is 15.5. The van der Waals surface area contributed by atoms with Crippen molar-refractivity contribution in [3.8, 4) is 0 Å². The maximum atomic E-state index is 14.4. The number of nitrogens with zero attached hydrogens (tertiary/aromatic N) is 4. The first-order valence-electron chi connectivity index (χ1n) is 17.4. The van der Waals surface area contributed by atoms with Gasteiger partial charge in [0, 0.05) is 56.6 Å². The van der Waals surface area contributed by atoms with E-state index in [-0.39, 0.29) is 43.3 Å². The Bertz CT molecular complexity index is 1620. The third kappa shape index (κ3) is 9.23. The van der Waals surface area contributed by atoms with E-state index in [4.69, 9.17) is 0 Å². The summed E-state index contributed by atoms with van der Waals surface area (Å²) in [7, 11) is 1.88. The molecule has 1 aromatic heterocycles. The van der Waals surface area contributed by atoms with E-state index in [1.165, 1.54) is 0 Å². The van der Waals surface area contributed by atoms with E-state index in [0.717, 1.165) is 54.6 Å². The molecule has 3 N–H and O–H groups in total. The van der Waals surface area contributed by atoms with Crippen molar-refractivity contribution in [2.45, 2.75) is 65.5 Å². The van der Waals surface area contributed by atoms with Crippen molar-refractivity contribution in [3.63, 3.8) is 0 Å². The van der Waals surface area contributed by atoms with Crippen LogP contribution in [0.15, 0.2) is 66.9 Å². The van der Waals surface area contributed by atoms with Gasteiger partial charge in [-0.15, -0.1) is 0 Å². The summed E-state index contributed by atoms with van der Waals surface area (Å²) < 4.78 is 0. The zero-order valence-corrected chi connectivity index (χ0v) is 29.0. The number of nitrogens with one attached hydrogen (secondary N) is 3. The van der Waals surface area contributed by atoms with Gasteiger partial charge in [0.2, 0.25) is 17.7 Å². The molecular weight excluding hydrogens is 618 g/mol. The average molecular weight is 668 g/mol. The Morgan fingerprint density at radius 2 is 1.51 bits per heavy atom. The summed E-state index contributed by atoms with van der Waals surface area (Å²) in [5, 5.41) is 9.01. The van der Waals surface area contributed by atoms with Crippen LogP contribution < -0.4 is 16.0 Å². The highest BCUT2D eigenvalue weighted by Gasteiger charge is 2.42. The quantitative estimate of drug-likeness (QED) is 0.254. The van der Waals surface area contributed by atoms with E-state index < -0.39 is 5.41 Å². The number of aryl methyl sites for hydroxylation is 1. The molecule has 5 rings (SSSR count). The fourth-order valence-corrected chi connectivity index (χ4v) is 6.76. The van der Waals surface area contributed by atoms with E-state index >= 15 is 0 Å². The summed E-state index contributed by atoms with van der Waals surface area (Å²) in [5.41, 5.74) is 3.70. The molecule has 49 heavy (non-hydrogen) atoms. The smallest absolute Gasteiger partial charge is 0.319 e. The van der Waals surface area contributed by atoms with Gasteiger partial charge < -0.3 is 30.7 Å². The van der Waals surface area contributed by atoms with Crippen LogP contribution in [0.2, 0.25) is 0 Å². The van der Waals surface area contributed by atoms with Crippen LogP contribution >= 0.6 is 0 Å². The summed E-state index contributed by atoms with van der Waals surface area (Å²) in [4.78, 5) is 63.6. The Balaban J connectivity index is 1.30. The summed E-state index contributed by atoms with van der Waals surface area (Å²) in [5.74, 6) is -0.134. The predicted octanol–water partition coefficient (Wildman–Crippen LogP) is 4.83. The van der Waals surface area contributed by atoms with Crippen LogP contribution in [0.25, 0.3) is 0 Å². The first-order valence-corrected chi connectivity index (χ1v) is 17.4. The maximum Gasteiger partial charge on any atom is 0.319 e. The van der Waals surface area contributed by atoms with Crippen molar-refractivity contribution in [2.24, 2.45) is 5.41 Å². The number of carbonyl (C=O) groups is 4. The predicted molar refractivity (Wildman–Crippen MR) is 191 cm³/mol. The lowest BCUT2D eigenvalue weighted by Gasteiger charge is -2.42. The van der Waals surface area contributed by atoms with Gasteiger partial charge in [-0.2, -0.15) is 0 Å². The topological polar surface area (TPSA) is 127 Å². The number of hydrogen-bond donors (Lipinski definition) is 3. The van der Waals surface area contributed by atoms with Crippen molar-refractivity contribution >= 4 is 35.3 Å². The van der Waals surface area contributed by atoms with Crippen molar-refractivity contribution in [1.82, 2.24) is 25.0 Å². The average Bonchev–Trinajstić information content (AvgIpc) is 3.65. The molecule has 0 aliphatic carbocycles. The van der Waals surface area contributed by atoms with Gasteiger partial charge in [-0.1, -0.05) is 50.2 Å². The molecule has 0 spiro atoms. The monoisotopic (exact) mass is 667 g/mol. The van der Waals surface area contributed by atoms with Gasteiger partial charge in [-0.25, -0.2) is 9.78 Å². The zero-order chi connectivity index (χ0) is 34.8. The van der Waals surface area contributed by atoms with E-state index in [1.807, 2.05) is 79.2 Å². The molecule has 3 aromatic rings. The highest BCUT2D eigenvalue weighted by atomic mass is 16.2. The SMILES string of the molecule is CCc1ccc(NC(=O)CN(Cc2ccccc2CNC)C(=O)C2(C)CCN(C(=O)N3CCCC3)CC2)cc1CC(=O)Nc1ccccn1. The number of urea groups is 1. The molecule has 260 valence electrons. The minimum atomic E-state index is -0.711. The lowest BCUT2D eigenvalue weighted by Crippen LogP contribution is -2.53. The number of piperidine rings is 1. The molecule has 2 saturated heterocycles. The number of amides is 5. The number of pyridine rings is 1. The van der Waals surface area contributed by atoms with Crippen LogP contribution in [0, 0.1) is 5.41 Å². The fraction of sp³-hybridized carbons (Fsp3) is 0.447. The second-order valence-corrected chi connectivity index (χ2v) is 13.3. The number of likely N-dealkylation sites (tertiary alicyclic amines) is 2. The van der Waals surface area contributed by atoms with Crippen molar-refractivity contribution in [3.05, 3.63) is 89.1 Å². The third-order valence-electron chi connectivity index (χ3n) is 9.65. The number of benzene rings is 2. The van der Waals surface area contributed by atoms with Crippen LogP contribution in [-0.4, -0.2) is 83.2 Å². The Labute approximate surface area is 289 Å². The van der Waals surface area contributed by atoms with Gasteiger partial charge in [0.05, 0.1) is 6.42 Å².